The van der Waals surface area contributed by atoms with Crippen LogP contribution in [0.1, 0.15) is 15.9 Å². The van der Waals surface area contributed by atoms with Crippen molar-refractivity contribution < 1.29 is 4.79 Å². The van der Waals surface area contributed by atoms with Gasteiger partial charge >= 0.3 is 0 Å². The van der Waals surface area contributed by atoms with Crippen LogP contribution < -0.4 is 10.9 Å². The Morgan fingerprint density at radius 3 is 2.29 bits per heavy atom. The maximum Gasteiger partial charge on any atom is 0.261 e. The summed E-state index contributed by atoms with van der Waals surface area (Å²) >= 11 is 0. The van der Waals surface area contributed by atoms with Crippen LogP contribution in [0, 0.1) is 0 Å². The molecule has 0 radical (unpaired) electrons. The summed E-state index contributed by atoms with van der Waals surface area (Å²) in [6.45, 7) is 0.468. The van der Waals surface area contributed by atoms with E-state index in [4.69, 9.17) is 0 Å². The van der Waals surface area contributed by atoms with Crippen LogP contribution >= 0.6 is 0 Å². The Kier molecular flexibility index (Phi) is 5.02. The Balaban J connectivity index is 1.39. The van der Waals surface area contributed by atoms with Crippen molar-refractivity contribution in [3.05, 3.63) is 106 Å². The van der Waals surface area contributed by atoms with Crippen LogP contribution in [0.25, 0.3) is 22.0 Å². The van der Waals surface area contributed by atoms with E-state index >= 15 is 0 Å². The van der Waals surface area contributed by atoms with Crippen LogP contribution in [0.4, 0.5) is 0 Å². The molecule has 0 bridgehead atoms. The number of H-pyrrole nitrogens is 1. The number of aromatic amines is 1. The number of carbonyl (C=O) groups excluding carboxylic acids is 1. The summed E-state index contributed by atoms with van der Waals surface area (Å²) in [7, 11) is 0. The first-order chi connectivity index (χ1) is 13.7. The van der Waals surface area contributed by atoms with E-state index in [2.05, 4.69) is 46.7 Å². The second kappa shape index (κ2) is 7.92. The molecule has 0 aliphatic rings. The predicted octanol–water partition coefficient (Wildman–Crippen LogP) is 4.17. The van der Waals surface area contributed by atoms with Crippen molar-refractivity contribution in [2.45, 2.75) is 6.42 Å². The van der Waals surface area contributed by atoms with Crippen molar-refractivity contribution in [3.63, 3.8) is 0 Å². The van der Waals surface area contributed by atoms with Gasteiger partial charge in [0.1, 0.15) is 5.56 Å². The van der Waals surface area contributed by atoms with Gasteiger partial charge in [-0.2, -0.15) is 0 Å². The molecule has 0 atom stereocenters. The molecule has 1 heterocycles. The lowest BCUT2D eigenvalue weighted by Crippen LogP contribution is -2.31. The van der Waals surface area contributed by atoms with E-state index in [1.165, 1.54) is 5.56 Å². The number of fused-ring (bicyclic) bond motifs is 1. The lowest BCUT2D eigenvalue weighted by atomic mass is 10.0. The molecule has 4 rings (SSSR count). The highest BCUT2D eigenvalue weighted by Gasteiger charge is 2.11. The van der Waals surface area contributed by atoms with Crippen LogP contribution in [0.15, 0.2) is 89.7 Å². The first-order valence-electron chi connectivity index (χ1n) is 9.25. The third kappa shape index (κ3) is 3.86. The van der Waals surface area contributed by atoms with Gasteiger partial charge in [-0.05, 0) is 40.6 Å². The average Bonchev–Trinajstić information content (AvgIpc) is 2.74. The van der Waals surface area contributed by atoms with Crippen molar-refractivity contribution in [2.24, 2.45) is 0 Å². The van der Waals surface area contributed by atoms with Gasteiger partial charge in [-0.15, -0.1) is 0 Å². The highest BCUT2D eigenvalue weighted by molar-refractivity contribution is 5.97. The van der Waals surface area contributed by atoms with E-state index in [1.54, 1.807) is 6.07 Å². The third-order valence-electron chi connectivity index (χ3n) is 4.76. The summed E-state index contributed by atoms with van der Waals surface area (Å²) in [5.74, 6) is -0.354. The first kappa shape index (κ1) is 17.7. The number of amides is 1. The molecule has 0 fully saturated rings. The lowest BCUT2D eigenvalue weighted by Gasteiger charge is -2.07. The van der Waals surface area contributed by atoms with E-state index in [1.807, 2.05) is 42.5 Å². The molecule has 4 heteroatoms. The number of benzene rings is 3. The molecular formula is C24H20N2O2. The summed E-state index contributed by atoms with van der Waals surface area (Å²) in [6, 6.07) is 27.6. The Labute approximate surface area is 162 Å². The fourth-order valence-electron chi connectivity index (χ4n) is 3.23. The van der Waals surface area contributed by atoms with E-state index < -0.39 is 0 Å². The highest BCUT2D eigenvalue weighted by Crippen LogP contribution is 2.19. The van der Waals surface area contributed by atoms with Gasteiger partial charge in [0.05, 0.1) is 0 Å². The number of hydrogen-bond donors (Lipinski definition) is 2. The number of para-hydroxylation sites is 1. The first-order valence-corrected chi connectivity index (χ1v) is 9.25. The third-order valence-corrected chi connectivity index (χ3v) is 4.76. The highest BCUT2D eigenvalue weighted by atomic mass is 16.2. The molecule has 1 aromatic heterocycles. The normalized spacial score (nSPS) is 10.7. The molecule has 4 nitrogen and oxygen atoms in total. The van der Waals surface area contributed by atoms with E-state index in [9.17, 15) is 9.59 Å². The summed E-state index contributed by atoms with van der Waals surface area (Å²) in [5.41, 5.74) is 3.96. The Morgan fingerprint density at radius 1 is 0.821 bits per heavy atom. The maximum atomic E-state index is 12.4. The zero-order valence-electron chi connectivity index (χ0n) is 15.3. The van der Waals surface area contributed by atoms with Crippen molar-refractivity contribution in [1.82, 2.24) is 10.3 Å². The second-order valence-corrected chi connectivity index (χ2v) is 6.67. The Morgan fingerprint density at radius 2 is 1.50 bits per heavy atom. The monoisotopic (exact) mass is 368 g/mol. The quantitative estimate of drug-likeness (QED) is 0.555. The number of rotatable bonds is 5. The molecule has 28 heavy (non-hydrogen) atoms. The van der Waals surface area contributed by atoms with Crippen molar-refractivity contribution in [1.29, 1.82) is 0 Å². The summed E-state index contributed by atoms with van der Waals surface area (Å²) in [6.07, 6.45) is 0.701. The summed E-state index contributed by atoms with van der Waals surface area (Å²) < 4.78 is 0. The molecular weight excluding hydrogens is 348 g/mol. The molecule has 138 valence electrons. The lowest BCUT2D eigenvalue weighted by molar-refractivity contribution is 0.0953. The van der Waals surface area contributed by atoms with Gasteiger partial charge in [0, 0.05) is 12.1 Å². The van der Waals surface area contributed by atoms with Crippen molar-refractivity contribution in [2.75, 3.05) is 6.54 Å². The Hall–Kier alpha value is -3.66. The van der Waals surface area contributed by atoms with Gasteiger partial charge in [-0.3, -0.25) is 9.59 Å². The zero-order chi connectivity index (χ0) is 19.3. The van der Waals surface area contributed by atoms with Gasteiger partial charge in [-0.25, -0.2) is 0 Å². The molecule has 0 saturated carbocycles. The topological polar surface area (TPSA) is 62.0 Å². The molecule has 0 saturated heterocycles. The molecule has 0 aliphatic carbocycles. The molecule has 0 aliphatic heterocycles. The van der Waals surface area contributed by atoms with Crippen LogP contribution in [-0.2, 0) is 6.42 Å². The van der Waals surface area contributed by atoms with Gasteiger partial charge in [-0.1, -0.05) is 72.8 Å². The number of nitrogens with one attached hydrogen (secondary N) is 2. The fourth-order valence-corrected chi connectivity index (χ4v) is 3.23. The predicted molar refractivity (Wildman–Crippen MR) is 112 cm³/mol. The minimum absolute atomic E-state index is 0.137. The maximum absolute atomic E-state index is 12.4. The SMILES string of the molecule is O=C(NCCc1ccc(-c2ccccc2)cc1)c1cc2ccccc2[nH]c1=O. The largest absolute Gasteiger partial charge is 0.352 e. The minimum Gasteiger partial charge on any atom is -0.352 e. The molecule has 4 aromatic rings. The molecule has 3 aromatic carbocycles. The van der Waals surface area contributed by atoms with Crippen LogP contribution in [0.3, 0.4) is 0 Å². The number of aromatic nitrogens is 1. The van der Waals surface area contributed by atoms with Gasteiger partial charge in [0.2, 0.25) is 0 Å². The molecule has 1 amide bonds. The van der Waals surface area contributed by atoms with Crippen LogP contribution in [0.5, 0.6) is 0 Å². The number of hydrogen-bond acceptors (Lipinski definition) is 2. The average molecular weight is 368 g/mol. The summed E-state index contributed by atoms with van der Waals surface area (Å²) in [4.78, 5) is 27.3. The number of carbonyl (C=O) groups is 1. The molecule has 2 N–H and O–H groups in total. The van der Waals surface area contributed by atoms with Gasteiger partial charge in [0.15, 0.2) is 0 Å². The van der Waals surface area contributed by atoms with Crippen molar-refractivity contribution in [3.8, 4) is 11.1 Å². The van der Waals surface area contributed by atoms with Crippen LogP contribution in [-0.4, -0.2) is 17.4 Å². The zero-order valence-corrected chi connectivity index (χ0v) is 15.3. The fraction of sp³-hybridized carbons (Fsp3) is 0.0833. The molecule has 0 unspecified atom stereocenters. The van der Waals surface area contributed by atoms with E-state index in [-0.39, 0.29) is 17.0 Å². The van der Waals surface area contributed by atoms with E-state index in [0.29, 0.717) is 13.0 Å². The van der Waals surface area contributed by atoms with E-state index in [0.717, 1.165) is 22.0 Å². The minimum atomic E-state index is -0.372. The second-order valence-electron chi connectivity index (χ2n) is 6.67. The van der Waals surface area contributed by atoms with Crippen molar-refractivity contribution >= 4 is 16.8 Å². The summed E-state index contributed by atoms with van der Waals surface area (Å²) in [5, 5.41) is 3.68. The standard InChI is InChI=1S/C24H20N2O2/c27-23(21-16-20-8-4-5-9-22(20)26-24(21)28)25-15-14-17-10-12-19(13-11-17)18-6-2-1-3-7-18/h1-13,16H,14-15H2,(H,25,27)(H,26,28). The van der Waals surface area contributed by atoms with Crippen LogP contribution in [0.2, 0.25) is 0 Å². The van der Waals surface area contributed by atoms with Gasteiger partial charge < -0.3 is 10.3 Å². The smallest absolute Gasteiger partial charge is 0.261 e. The number of pyridine rings is 1. The van der Waals surface area contributed by atoms with Gasteiger partial charge in [0.25, 0.3) is 11.5 Å². The Bertz CT molecular complexity index is 1160. The molecule has 0 spiro atoms.